The second-order valence-corrected chi connectivity index (χ2v) is 6.91. The van der Waals surface area contributed by atoms with Gasteiger partial charge >= 0.3 is 5.63 Å². The molecule has 4 nitrogen and oxygen atoms in total. The van der Waals surface area contributed by atoms with Crippen LogP contribution < -0.4 is 10.9 Å². The molecule has 3 aromatic carbocycles. The molecule has 28 heavy (non-hydrogen) atoms. The minimum Gasteiger partial charge on any atom is -0.508 e. The van der Waals surface area contributed by atoms with Gasteiger partial charge in [-0.25, -0.2) is 4.79 Å². The van der Waals surface area contributed by atoms with Crippen molar-refractivity contribution in [2.45, 2.75) is 19.5 Å². The summed E-state index contributed by atoms with van der Waals surface area (Å²) >= 11 is 0. The molecule has 1 aromatic heterocycles. The first-order chi connectivity index (χ1) is 13.6. The average Bonchev–Trinajstić information content (AvgIpc) is 2.69. The lowest BCUT2D eigenvalue weighted by Crippen LogP contribution is -2.22. The van der Waals surface area contributed by atoms with Crippen LogP contribution in [0.3, 0.4) is 0 Å². The Morgan fingerprint density at radius 2 is 1.64 bits per heavy atom. The normalized spacial score (nSPS) is 12.2. The number of aromatic hydroxyl groups is 1. The molecule has 4 rings (SSSR count). The van der Waals surface area contributed by atoms with Crippen LogP contribution in [0.2, 0.25) is 0 Å². The summed E-state index contributed by atoms with van der Waals surface area (Å²) in [6, 6.07) is 25.0. The van der Waals surface area contributed by atoms with Crippen molar-refractivity contribution in [3.05, 3.63) is 112 Å². The van der Waals surface area contributed by atoms with Gasteiger partial charge in [0.2, 0.25) is 0 Å². The Bertz CT molecular complexity index is 1150. The molecule has 0 radical (unpaired) electrons. The minimum atomic E-state index is -0.429. The zero-order valence-corrected chi connectivity index (χ0v) is 15.6. The summed E-state index contributed by atoms with van der Waals surface area (Å²) in [5.41, 5.74) is 4.30. The Morgan fingerprint density at radius 3 is 2.39 bits per heavy atom. The van der Waals surface area contributed by atoms with Gasteiger partial charge in [0.15, 0.2) is 0 Å². The third-order valence-corrected chi connectivity index (χ3v) is 4.85. The number of benzene rings is 3. The fourth-order valence-electron chi connectivity index (χ4n) is 3.41. The summed E-state index contributed by atoms with van der Waals surface area (Å²) in [5, 5.41) is 14.1. The monoisotopic (exact) mass is 371 g/mol. The van der Waals surface area contributed by atoms with E-state index in [9.17, 15) is 9.90 Å². The SMILES string of the molecule is Cc1ccc([C@H](NCc2cc(=O)oc3cc(O)ccc23)c2ccccc2)cc1. The molecular formula is C24H21NO3. The van der Waals surface area contributed by atoms with Gasteiger partial charge in [-0.3, -0.25) is 0 Å². The molecule has 1 atom stereocenters. The maximum atomic E-state index is 12.0. The van der Waals surface area contributed by atoms with Crippen molar-refractivity contribution >= 4 is 11.0 Å². The average molecular weight is 371 g/mol. The fourth-order valence-corrected chi connectivity index (χ4v) is 3.41. The Kier molecular flexibility index (Phi) is 4.96. The van der Waals surface area contributed by atoms with E-state index in [2.05, 4.69) is 48.6 Å². The topological polar surface area (TPSA) is 62.5 Å². The number of hydrogen-bond donors (Lipinski definition) is 2. The van der Waals surface area contributed by atoms with E-state index in [1.54, 1.807) is 12.1 Å². The number of nitrogens with one attached hydrogen (secondary N) is 1. The minimum absolute atomic E-state index is 0.0128. The van der Waals surface area contributed by atoms with E-state index in [1.165, 1.54) is 17.7 Å². The molecule has 0 fully saturated rings. The largest absolute Gasteiger partial charge is 0.508 e. The molecular weight excluding hydrogens is 350 g/mol. The molecule has 140 valence electrons. The lowest BCUT2D eigenvalue weighted by molar-refractivity contribution is 0.473. The van der Waals surface area contributed by atoms with Crippen LogP contribution in [0.4, 0.5) is 0 Å². The van der Waals surface area contributed by atoms with Gasteiger partial charge in [-0.15, -0.1) is 0 Å². The zero-order chi connectivity index (χ0) is 19.5. The standard InChI is InChI=1S/C24H21NO3/c1-16-7-9-18(10-8-16)24(17-5-3-2-4-6-17)25-15-19-13-23(27)28-22-14-20(26)11-12-21(19)22/h2-14,24-26H,15H2,1H3/t24-/m1/s1. The van der Waals surface area contributed by atoms with E-state index in [0.717, 1.165) is 22.1 Å². The van der Waals surface area contributed by atoms with Gasteiger partial charge in [-0.05, 0) is 35.7 Å². The lowest BCUT2D eigenvalue weighted by Gasteiger charge is -2.20. The van der Waals surface area contributed by atoms with Crippen molar-refractivity contribution in [2.24, 2.45) is 0 Å². The summed E-state index contributed by atoms with van der Waals surface area (Å²) in [7, 11) is 0. The van der Waals surface area contributed by atoms with E-state index < -0.39 is 5.63 Å². The molecule has 4 heteroatoms. The number of hydrogen-bond acceptors (Lipinski definition) is 4. The quantitative estimate of drug-likeness (QED) is 0.500. The number of rotatable bonds is 5. The van der Waals surface area contributed by atoms with E-state index >= 15 is 0 Å². The van der Waals surface area contributed by atoms with Crippen molar-refractivity contribution in [1.82, 2.24) is 5.32 Å². The maximum Gasteiger partial charge on any atom is 0.336 e. The first-order valence-corrected chi connectivity index (χ1v) is 9.21. The van der Waals surface area contributed by atoms with Crippen molar-refractivity contribution in [2.75, 3.05) is 0 Å². The van der Waals surface area contributed by atoms with Crippen LogP contribution in [0.1, 0.15) is 28.3 Å². The Hall–Kier alpha value is -3.37. The third-order valence-electron chi connectivity index (χ3n) is 4.85. The van der Waals surface area contributed by atoms with Gasteiger partial charge < -0.3 is 14.8 Å². The highest BCUT2D eigenvalue weighted by atomic mass is 16.4. The van der Waals surface area contributed by atoms with Gasteiger partial charge in [0.25, 0.3) is 0 Å². The molecule has 1 heterocycles. The molecule has 4 aromatic rings. The lowest BCUT2D eigenvalue weighted by atomic mass is 9.97. The summed E-state index contributed by atoms with van der Waals surface area (Å²) < 4.78 is 5.23. The highest BCUT2D eigenvalue weighted by Gasteiger charge is 2.15. The molecule has 0 bridgehead atoms. The molecule has 0 spiro atoms. The third kappa shape index (κ3) is 3.82. The van der Waals surface area contributed by atoms with Crippen molar-refractivity contribution in [3.63, 3.8) is 0 Å². The highest BCUT2D eigenvalue weighted by Crippen LogP contribution is 2.25. The second-order valence-electron chi connectivity index (χ2n) is 6.91. The number of phenolic OH excluding ortho intramolecular Hbond substituents is 1. The molecule has 0 amide bonds. The molecule has 2 N–H and O–H groups in total. The highest BCUT2D eigenvalue weighted by molar-refractivity contribution is 5.81. The maximum absolute atomic E-state index is 12.0. The van der Waals surface area contributed by atoms with E-state index in [1.807, 2.05) is 18.2 Å². The Balaban J connectivity index is 1.70. The van der Waals surface area contributed by atoms with Gasteiger partial charge in [0.05, 0.1) is 6.04 Å². The van der Waals surface area contributed by atoms with Crippen LogP contribution >= 0.6 is 0 Å². The summed E-state index contributed by atoms with van der Waals surface area (Å²) in [6.45, 7) is 2.56. The molecule has 0 aliphatic rings. The molecule has 0 aliphatic heterocycles. The molecule has 0 saturated carbocycles. The van der Waals surface area contributed by atoms with Crippen molar-refractivity contribution < 1.29 is 9.52 Å². The van der Waals surface area contributed by atoms with Crippen LogP contribution in [0.5, 0.6) is 5.75 Å². The number of phenols is 1. The fraction of sp³-hybridized carbons (Fsp3) is 0.125. The first kappa shape index (κ1) is 18.0. The van der Waals surface area contributed by atoms with E-state index in [0.29, 0.717) is 12.1 Å². The smallest absolute Gasteiger partial charge is 0.336 e. The predicted molar refractivity (Wildman–Crippen MR) is 110 cm³/mol. The van der Waals surface area contributed by atoms with E-state index in [4.69, 9.17) is 4.42 Å². The number of aryl methyl sites for hydroxylation is 1. The Morgan fingerprint density at radius 1 is 0.929 bits per heavy atom. The van der Waals surface area contributed by atoms with Gasteiger partial charge in [0.1, 0.15) is 11.3 Å². The predicted octanol–water partition coefficient (Wildman–Crippen LogP) is 4.69. The molecule has 0 unspecified atom stereocenters. The van der Waals surface area contributed by atoms with Crippen LogP contribution in [0, 0.1) is 6.92 Å². The van der Waals surface area contributed by atoms with Gasteiger partial charge in [-0.2, -0.15) is 0 Å². The van der Waals surface area contributed by atoms with Gasteiger partial charge in [-0.1, -0.05) is 60.2 Å². The van der Waals surface area contributed by atoms with Crippen molar-refractivity contribution in [1.29, 1.82) is 0 Å². The van der Waals surface area contributed by atoms with Crippen LogP contribution in [-0.2, 0) is 6.54 Å². The first-order valence-electron chi connectivity index (χ1n) is 9.21. The molecule has 0 saturated heterocycles. The van der Waals surface area contributed by atoms with Crippen LogP contribution in [0.25, 0.3) is 11.0 Å². The number of fused-ring (bicyclic) bond motifs is 1. The zero-order valence-electron chi connectivity index (χ0n) is 15.6. The summed E-state index contributed by atoms with van der Waals surface area (Å²) in [6.07, 6.45) is 0. The van der Waals surface area contributed by atoms with Crippen LogP contribution in [-0.4, -0.2) is 5.11 Å². The second kappa shape index (κ2) is 7.71. The summed E-state index contributed by atoms with van der Waals surface area (Å²) in [4.78, 5) is 12.0. The van der Waals surface area contributed by atoms with Crippen LogP contribution in [0.15, 0.2) is 88.1 Å². The van der Waals surface area contributed by atoms with Crippen molar-refractivity contribution in [3.8, 4) is 5.75 Å². The van der Waals surface area contributed by atoms with Gasteiger partial charge in [0, 0.05) is 24.1 Å². The Labute approximate surface area is 163 Å². The van der Waals surface area contributed by atoms with E-state index in [-0.39, 0.29) is 11.8 Å². The molecule has 0 aliphatic carbocycles. The summed E-state index contributed by atoms with van der Waals surface area (Å²) in [5.74, 6) is 0.0718.